The summed E-state index contributed by atoms with van der Waals surface area (Å²) in [6.45, 7) is 11.7. The van der Waals surface area contributed by atoms with Crippen molar-refractivity contribution in [3.05, 3.63) is 57.6 Å². The second-order valence-electron chi connectivity index (χ2n) is 19.4. The minimum atomic E-state index is -0.747. The van der Waals surface area contributed by atoms with Crippen LogP contribution in [0.5, 0.6) is 0 Å². The SMILES string of the molecule is Cc1cc(CCCCCC(C)(C)C(=O)O)cc(-c2cc(CCCCCC3(C(=O)O)CC3)cc(C)c2CCCCCC(C)(C)C(=O)O)c1CCCCCCCCCC(=O)O. The summed E-state index contributed by atoms with van der Waals surface area (Å²) < 4.78 is 0. The van der Waals surface area contributed by atoms with Gasteiger partial charge in [-0.1, -0.05) is 94.9 Å². The van der Waals surface area contributed by atoms with Gasteiger partial charge in [-0.2, -0.15) is 0 Å². The number of hydrogen-bond donors (Lipinski definition) is 4. The van der Waals surface area contributed by atoms with Crippen LogP contribution in [0.3, 0.4) is 0 Å². The van der Waals surface area contributed by atoms with Crippen molar-refractivity contribution < 1.29 is 39.6 Å². The maximum atomic E-state index is 11.7. The molecule has 0 atom stereocenters. The molecule has 1 aliphatic rings. The van der Waals surface area contributed by atoms with E-state index in [-0.39, 0.29) is 6.42 Å². The molecule has 0 radical (unpaired) electrons. The minimum absolute atomic E-state index is 0.250. The fraction of sp³-hybridized carbons (Fsp3) is 0.686. The van der Waals surface area contributed by atoms with Gasteiger partial charge in [-0.05, 0) is 176 Å². The van der Waals surface area contributed by atoms with E-state index in [1.54, 1.807) is 13.8 Å². The predicted octanol–water partition coefficient (Wildman–Crippen LogP) is 13.1. The average Bonchev–Trinajstić information content (AvgIpc) is 3.96. The Bertz CT molecular complexity index is 1680. The largest absolute Gasteiger partial charge is 0.481 e. The van der Waals surface area contributed by atoms with Crippen LogP contribution in [0.2, 0.25) is 0 Å². The van der Waals surface area contributed by atoms with Gasteiger partial charge in [-0.15, -0.1) is 0 Å². The van der Waals surface area contributed by atoms with E-state index in [1.165, 1.54) is 44.5 Å². The lowest BCUT2D eigenvalue weighted by molar-refractivity contribution is -0.148. The molecule has 2 aromatic rings. The quantitative estimate of drug-likeness (QED) is 0.0533. The predicted molar refractivity (Wildman–Crippen MR) is 238 cm³/mol. The Labute approximate surface area is 356 Å². The summed E-state index contributed by atoms with van der Waals surface area (Å²) >= 11 is 0. The molecule has 8 nitrogen and oxygen atoms in total. The average molecular weight is 819 g/mol. The third kappa shape index (κ3) is 16.7. The molecule has 330 valence electrons. The highest BCUT2D eigenvalue weighted by molar-refractivity contribution is 5.78. The number of aliphatic carboxylic acids is 4. The van der Waals surface area contributed by atoms with Gasteiger partial charge in [0, 0.05) is 6.42 Å². The minimum Gasteiger partial charge on any atom is -0.481 e. The Morgan fingerprint density at radius 1 is 0.508 bits per heavy atom. The number of unbranched alkanes of at least 4 members (excludes halogenated alkanes) is 12. The summed E-state index contributed by atoms with van der Waals surface area (Å²) in [4.78, 5) is 46.0. The number of rotatable bonds is 32. The first-order valence-electron chi connectivity index (χ1n) is 23.1. The van der Waals surface area contributed by atoms with Gasteiger partial charge in [-0.25, -0.2) is 0 Å². The van der Waals surface area contributed by atoms with E-state index in [9.17, 15) is 34.5 Å². The Balaban J connectivity index is 1.87. The standard InChI is InChI=1S/C51H78O8/c1-37-33-39(23-15-12-20-28-49(3,4)46(54)55)35-43(41(37)25-17-10-8-7-9-11-19-27-45(52)53)44-36-40(24-16-13-22-30-51(31-32-51)48(58)59)34-38(2)42(44)26-18-14-21-29-50(5,6)47(56)57/h33-36H,7-32H2,1-6H3,(H,52,53)(H,54,55)(H,56,57)(H,58,59). The molecule has 0 bridgehead atoms. The van der Waals surface area contributed by atoms with Crippen LogP contribution >= 0.6 is 0 Å². The van der Waals surface area contributed by atoms with E-state index < -0.39 is 40.1 Å². The van der Waals surface area contributed by atoms with Crippen molar-refractivity contribution in [2.45, 2.75) is 208 Å². The Hall–Kier alpha value is -3.68. The van der Waals surface area contributed by atoms with Crippen LogP contribution in [0.4, 0.5) is 0 Å². The van der Waals surface area contributed by atoms with Crippen LogP contribution in [0.1, 0.15) is 202 Å². The number of hydrogen-bond acceptors (Lipinski definition) is 4. The second-order valence-corrected chi connectivity index (χ2v) is 19.4. The maximum absolute atomic E-state index is 11.7. The molecule has 1 fully saturated rings. The van der Waals surface area contributed by atoms with Crippen LogP contribution in [0.25, 0.3) is 11.1 Å². The van der Waals surface area contributed by atoms with Gasteiger partial charge in [-0.3, -0.25) is 19.2 Å². The summed E-state index contributed by atoms with van der Waals surface area (Å²) in [5.74, 6) is -2.85. The van der Waals surface area contributed by atoms with Crippen molar-refractivity contribution in [2.75, 3.05) is 0 Å². The van der Waals surface area contributed by atoms with Crippen LogP contribution < -0.4 is 0 Å². The molecular weight excluding hydrogens is 741 g/mol. The van der Waals surface area contributed by atoms with Gasteiger partial charge in [0.1, 0.15) is 0 Å². The lowest BCUT2D eigenvalue weighted by Crippen LogP contribution is -2.23. The van der Waals surface area contributed by atoms with Crippen LogP contribution in [0.15, 0.2) is 24.3 Å². The smallest absolute Gasteiger partial charge is 0.309 e. The number of benzene rings is 2. The molecule has 0 amide bonds. The molecule has 1 saturated carbocycles. The van der Waals surface area contributed by atoms with Crippen LogP contribution in [-0.4, -0.2) is 44.3 Å². The zero-order valence-corrected chi connectivity index (χ0v) is 37.6. The molecule has 4 N–H and O–H groups in total. The molecule has 0 heterocycles. The molecule has 1 aliphatic carbocycles. The highest BCUT2D eigenvalue weighted by Crippen LogP contribution is 2.50. The summed E-state index contributed by atoms with van der Waals surface area (Å²) in [6, 6.07) is 9.59. The van der Waals surface area contributed by atoms with E-state index in [0.29, 0.717) is 12.8 Å². The summed E-state index contributed by atoms with van der Waals surface area (Å²) in [5, 5.41) is 37.8. The van der Waals surface area contributed by atoms with E-state index in [1.807, 2.05) is 13.8 Å². The molecule has 8 heteroatoms. The lowest BCUT2D eigenvalue weighted by Gasteiger charge is -2.22. The fourth-order valence-electron chi connectivity index (χ4n) is 8.70. The molecule has 2 aromatic carbocycles. The first-order chi connectivity index (χ1) is 27.9. The second kappa shape index (κ2) is 23.9. The van der Waals surface area contributed by atoms with Crippen molar-refractivity contribution in [2.24, 2.45) is 16.2 Å². The van der Waals surface area contributed by atoms with E-state index >= 15 is 0 Å². The molecule has 0 aromatic heterocycles. The highest BCUT2D eigenvalue weighted by atomic mass is 16.4. The van der Waals surface area contributed by atoms with Crippen molar-refractivity contribution in [3.8, 4) is 11.1 Å². The van der Waals surface area contributed by atoms with Crippen molar-refractivity contribution in [1.82, 2.24) is 0 Å². The van der Waals surface area contributed by atoms with Crippen LogP contribution in [0, 0.1) is 30.1 Å². The maximum Gasteiger partial charge on any atom is 0.309 e. The third-order valence-corrected chi connectivity index (χ3v) is 13.3. The summed E-state index contributed by atoms with van der Waals surface area (Å²) in [6.07, 6.45) is 23.7. The molecular formula is C51H78O8. The molecule has 0 spiro atoms. The first kappa shape index (κ1) is 49.7. The van der Waals surface area contributed by atoms with Gasteiger partial charge >= 0.3 is 23.9 Å². The Kier molecular flexibility index (Phi) is 20.2. The summed E-state index contributed by atoms with van der Waals surface area (Å²) in [5.41, 5.74) is 8.76. The first-order valence-corrected chi connectivity index (χ1v) is 23.1. The summed E-state index contributed by atoms with van der Waals surface area (Å²) in [7, 11) is 0. The van der Waals surface area contributed by atoms with Gasteiger partial charge in [0.2, 0.25) is 0 Å². The number of carboxylic acid groups (broad SMARTS) is 4. The fourth-order valence-corrected chi connectivity index (χ4v) is 8.70. The zero-order valence-electron chi connectivity index (χ0n) is 37.6. The topological polar surface area (TPSA) is 149 Å². The molecule has 0 aliphatic heterocycles. The zero-order chi connectivity index (χ0) is 43.6. The molecule has 59 heavy (non-hydrogen) atoms. The van der Waals surface area contributed by atoms with Gasteiger partial charge in [0.05, 0.1) is 16.2 Å². The van der Waals surface area contributed by atoms with Gasteiger partial charge in [0.15, 0.2) is 0 Å². The van der Waals surface area contributed by atoms with Crippen molar-refractivity contribution in [1.29, 1.82) is 0 Å². The number of aryl methyl sites for hydroxylation is 4. The normalized spacial score (nSPS) is 13.7. The van der Waals surface area contributed by atoms with Gasteiger partial charge < -0.3 is 20.4 Å². The highest BCUT2D eigenvalue weighted by Gasteiger charge is 2.49. The van der Waals surface area contributed by atoms with Crippen molar-refractivity contribution in [3.63, 3.8) is 0 Å². The molecule has 3 rings (SSSR count). The van der Waals surface area contributed by atoms with E-state index in [4.69, 9.17) is 5.11 Å². The Morgan fingerprint density at radius 3 is 1.27 bits per heavy atom. The van der Waals surface area contributed by atoms with Gasteiger partial charge in [0.25, 0.3) is 0 Å². The number of carboxylic acids is 4. The molecule has 0 saturated heterocycles. The monoisotopic (exact) mass is 819 g/mol. The van der Waals surface area contributed by atoms with Crippen molar-refractivity contribution >= 4 is 23.9 Å². The molecule has 0 unspecified atom stereocenters. The number of carbonyl (C=O) groups is 4. The Morgan fingerprint density at radius 2 is 0.881 bits per heavy atom. The van der Waals surface area contributed by atoms with Crippen LogP contribution in [-0.2, 0) is 44.9 Å². The van der Waals surface area contributed by atoms with E-state index in [2.05, 4.69) is 38.1 Å². The lowest BCUT2D eigenvalue weighted by atomic mass is 9.83. The van der Waals surface area contributed by atoms with E-state index in [0.717, 1.165) is 148 Å². The third-order valence-electron chi connectivity index (χ3n) is 13.3.